The van der Waals surface area contributed by atoms with Crippen LogP contribution in [0.5, 0.6) is 0 Å². The van der Waals surface area contributed by atoms with Crippen molar-refractivity contribution in [2.75, 3.05) is 32.8 Å². The topological polar surface area (TPSA) is 47.7 Å². The molecule has 0 aliphatic carbocycles. The third-order valence-corrected chi connectivity index (χ3v) is 4.39. The molecule has 1 aromatic rings. The van der Waals surface area contributed by atoms with Gasteiger partial charge in [-0.15, -0.1) is 0 Å². The molecule has 0 radical (unpaired) electrons. The van der Waals surface area contributed by atoms with E-state index in [0.29, 0.717) is 12.6 Å². The summed E-state index contributed by atoms with van der Waals surface area (Å²) in [5.41, 5.74) is 8.52. The Hall–Kier alpha value is -0.940. The molecule has 2 aliphatic rings. The Kier molecular flexibility index (Phi) is 4.36. The van der Waals surface area contributed by atoms with Gasteiger partial charge in [0.15, 0.2) is 0 Å². The van der Waals surface area contributed by atoms with Gasteiger partial charge in [-0.1, -0.05) is 24.3 Å². The molecule has 4 heteroatoms. The van der Waals surface area contributed by atoms with E-state index in [9.17, 15) is 0 Å². The molecule has 0 spiro atoms. The zero-order valence-corrected chi connectivity index (χ0v) is 12.1. The van der Waals surface area contributed by atoms with Crippen molar-refractivity contribution < 1.29 is 9.47 Å². The zero-order valence-electron chi connectivity index (χ0n) is 12.1. The molecule has 3 unspecified atom stereocenters. The fourth-order valence-electron chi connectivity index (χ4n) is 3.11. The van der Waals surface area contributed by atoms with Gasteiger partial charge >= 0.3 is 0 Å². The number of benzene rings is 1. The van der Waals surface area contributed by atoms with E-state index >= 15 is 0 Å². The van der Waals surface area contributed by atoms with Gasteiger partial charge in [0.25, 0.3) is 0 Å². The fourth-order valence-corrected chi connectivity index (χ4v) is 3.11. The molecule has 0 aromatic heterocycles. The van der Waals surface area contributed by atoms with E-state index in [4.69, 9.17) is 15.2 Å². The lowest BCUT2D eigenvalue weighted by molar-refractivity contribution is -0.0763. The van der Waals surface area contributed by atoms with Crippen LogP contribution in [-0.4, -0.2) is 49.9 Å². The minimum atomic E-state index is 0.157. The van der Waals surface area contributed by atoms with Crippen LogP contribution in [0.2, 0.25) is 0 Å². The molecule has 20 heavy (non-hydrogen) atoms. The normalized spacial score (nSPS) is 31.0. The van der Waals surface area contributed by atoms with Crippen molar-refractivity contribution in [2.24, 2.45) is 5.73 Å². The molecule has 2 N–H and O–H groups in total. The maximum atomic E-state index is 6.01. The highest BCUT2D eigenvalue weighted by Gasteiger charge is 2.29. The van der Waals surface area contributed by atoms with Crippen LogP contribution in [0.3, 0.4) is 0 Å². The lowest BCUT2D eigenvalue weighted by Gasteiger charge is -2.40. The highest BCUT2D eigenvalue weighted by atomic mass is 16.5. The van der Waals surface area contributed by atoms with Crippen molar-refractivity contribution in [3.8, 4) is 0 Å². The number of hydrogen-bond acceptors (Lipinski definition) is 4. The summed E-state index contributed by atoms with van der Waals surface area (Å²) in [5.74, 6) is 0. The van der Waals surface area contributed by atoms with Crippen LogP contribution in [0.25, 0.3) is 0 Å². The van der Waals surface area contributed by atoms with Crippen LogP contribution in [0, 0.1) is 0 Å². The number of rotatable bonds is 3. The number of fused-ring (bicyclic) bond motifs is 1. The Morgan fingerprint density at radius 2 is 2.15 bits per heavy atom. The summed E-state index contributed by atoms with van der Waals surface area (Å²) in [6, 6.07) is 9.06. The molecule has 2 aliphatic heterocycles. The Bertz CT molecular complexity index is 452. The molecule has 3 rings (SSSR count). The zero-order chi connectivity index (χ0) is 13.9. The Labute approximate surface area is 120 Å². The monoisotopic (exact) mass is 276 g/mol. The minimum absolute atomic E-state index is 0.157. The predicted octanol–water partition coefficient (Wildman–Crippen LogP) is 1.35. The number of nitrogens with zero attached hydrogens (tertiary/aromatic N) is 1. The van der Waals surface area contributed by atoms with Crippen LogP contribution >= 0.6 is 0 Å². The first kappa shape index (κ1) is 14.0. The van der Waals surface area contributed by atoms with E-state index < -0.39 is 0 Å². The number of morpholine rings is 1. The van der Waals surface area contributed by atoms with Crippen LogP contribution < -0.4 is 5.73 Å². The maximum Gasteiger partial charge on any atom is 0.0954 e. The molecule has 1 aromatic carbocycles. The summed E-state index contributed by atoms with van der Waals surface area (Å²) in [6.45, 7) is 6.21. The van der Waals surface area contributed by atoms with Crippen LogP contribution in [0.1, 0.15) is 24.2 Å². The average Bonchev–Trinajstić information content (AvgIpc) is 2.50. The van der Waals surface area contributed by atoms with Crippen molar-refractivity contribution in [3.63, 3.8) is 0 Å². The minimum Gasteiger partial charge on any atom is -0.374 e. The summed E-state index contributed by atoms with van der Waals surface area (Å²) in [7, 11) is 0. The first-order valence-electron chi connectivity index (χ1n) is 7.53. The maximum absolute atomic E-state index is 6.01. The van der Waals surface area contributed by atoms with Gasteiger partial charge in [-0.25, -0.2) is 0 Å². The van der Waals surface area contributed by atoms with E-state index in [1.165, 1.54) is 11.1 Å². The highest BCUT2D eigenvalue weighted by Crippen LogP contribution is 2.28. The van der Waals surface area contributed by atoms with Gasteiger partial charge in [-0.2, -0.15) is 0 Å². The van der Waals surface area contributed by atoms with Crippen molar-refractivity contribution in [2.45, 2.75) is 31.6 Å². The van der Waals surface area contributed by atoms with Crippen molar-refractivity contribution in [1.29, 1.82) is 0 Å². The van der Waals surface area contributed by atoms with Gasteiger partial charge in [0, 0.05) is 25.7 Å². The van der Waals surface area contributed by atoms with E-state index in [1.54, 1.807) is 0 Å². The highest BCUT2D eigenvalue weighted by molar-refractivity contribution is 5.31. The van der Waals surface area contributed by atoms with Gasteiger partial charge < -0.3 is 15.2 Å². The average molecular weight is 276 g/mol. The Morgan fingerprint density at radius 3 is 3.00 bits per heavy atom. The Balaban J connectivity index is 1.71. The van der Waals surface area contributed by atoms with Gasteiger partial charge in [0.2, 0.25) is 0 Å². The number of ether oxygens (including phenoxy) is 2. The molecule has 3 atom stereocenters. The fraction of sp³-hybridized carbons (Fsp3) is 0.625. The van der Waals surface area contributed by atoms with E-state index in [2.05, 4.69) is 36.1 Å². The van der Waals surface area contributed by atoms with E-state index in [-0.39, 0.29) is 12.2 Å². The Morgan fingerprint density at radius 1 is 1.30 bits per heavy atom. The third-order valence-electron chi connectivity index (χ3n) is 4.39. The third kappa shape index (κ3) is 2.88. The summed E-state index contributed by atoms with van der Waals surface area (Å²) < 4.78 is 11.7. The molecule has 4 nitrogen and oxygen atoms in total. The van der Waals surface area contributed by atoms with Gasteiger partial charge in [0.1, 0.15) is 0 Å². The molecule has 110 valence electrons. The lowest BCUT2D eigenvalue weighted by atomic mass is 9.97. The molecule has 1 saturated heterocycles. The molecule has 1 fully saturated rings. The molecule has 0 saturated carbocycles. The molecular formula is C16H24N2O2. The summed E-state index contributed by atoms with van der Waals surface area (Å²) >= 11 is 0. The smallest absolute Gasteiger partial charge is 0.0954 e. The second-order valence-corrected chi connectivity index (χ2v) is 5.80. The van der Waals surface area contributed by atoms with Crippen LogP contribution in [0.15, 0.2) is 24.3 Å². The van der Waals surface area contributed by atoms with Crippen LogP contribution in [0.4, 0.5) is 0 Å². The quantitative estimate of drug-likeness (QED) is 0.905. The molecule has 2 heterocycles. The van der Waals surface area contributed by atoms with E-state index in [0.717, 1.165) is 32.7 Å². The van der Waals surface area contributed by atoms with Gasteiger partial charge in [-0.3, -0.25) is 4.90 Å². The lowest BCUT2D eigenvalue weighted by Crippen LogP contribution is -2.52. The summed E-state index contributed by atoms with van der Waals surface area (Å²) in [6.07, 6.45) is 1.36. The second-order valence-electron chi connectivity index (χ2n) is 5.80. The largest absolute Gasteiger partial charge is 0.374 e. The van der Waals surface area contributed by atoms with Crippen molar-refractivity contribution in [1.82, 2.24) is 4.90 Å². The first-order chi connectivity index (χ1) is 9.78. The van der Waals surface area contributed by atoms with E-state index in [1.807, 2.05) is 0 Å². The van der Waals surface area contributed by atoms with Crippen molar-refractivity contribution >= 4 is 0 Å². The summed E-state index contributed by atoms with van der Waals surface area (Å²) in [5, 5.41) is 0. The van der Waals surface area contributed by atoms with Crippen LogP contribution in [-0.2, 0) is 15.9 Å². The van der Waals surface area contributed by atoms with Gasteiger partial charge in [0.05, 0.1) is 25.4 Å². The molecular weight excluding hydrogens is 252 g/mol. The summed E-state index contributed by atoms with van der Waals surface area (Å²) in [4.78, 5) is 2.45. The number of hydrogen-bond donors (Lipinski definition) is 1. The predicted molar refractivity (Wildman–Crippen MR) is 78.7 cm³/mol. The van der Waals surface area contributed by atoms with Gasteiger partial charge in [-0.05, 0) is 24.5 Å². The SMILES string of the molecule is CC1COC(CN)CN1CC1OCCc2ccccc21. The molecule has 0 bridgehead atoms. The molecule has 0 amide bonds. The standard InChI is InChI=1S/C16H24N2O2/c1-12-11-20-14(8-17)9-18(12)10-16-15-5-3-2-4-13(15)6-7-19-16/h2-5,12,14,16H,6-11,17H2,1H3. The van der Waals surface area contributed by atoms with Crippen molar-refractivity contribution in [3.05, 3.63) is 35.4 Å². The number of nitrogens with two attached hydrogens (primary N) is 1. The first-order valence-corrected chi connectivity index (χ1v) is 7.53. The second kappa shape index (κ2) is 6.22.